The van der Waals surface area contributed by atoms with Crippen molar-refractivity contribution in [3.63, 3.8) is 0 Å². The first-order valence-corrected chi connectivity index (χ1v) is 7.90. The van der Waals surface area contributed by atoms with Crippen molar-refractivity contribution in [2.75, 3.05) is 29.5 Å². The van der Waals surface area contributed by atoms with Crippen LogP contribution >= 0.6 is 0 Å². The summed E-state index contributed by atoms with van der Waals surface area (Å²) >= 11 is 0. The van der Waals surface area contributed by atoms with E-state index in [1.54, 1.807) is 6.07 Å². The molecule has 0 unspecified atom stereocenters. The van der Waals surface area contributed by atoms with Crippen molar-refractivity contribution in [1.29, 1.82) is 0 Å². The van der Waals surface area contributed by atoms with Gasteiger partial charge in [-0.1, -0.05) is 33.8 Å². The fourth-order valence-electron chi connectivity index (χ4n) is 1.82. The third-order valence-corrected chi connectivity index (χ3v) is 2.97. The molecule has 0 aliphatic rings. The van der Waals surface area contributed by atoms with Crippen LogP contribution in [0.1, 0.15) is 27.7 Å². The van der Waals surface area contributed by atoms with Crippen LogP contribution in [-0.2, 0) is 0 Å². The Morgan fingerprint density at radius 1 is 0.870 bits per heavy atom. The predicted molar refractivity (Wildman–Crippen MR) is 94.1 cm³/mol. The zero-order valence-electron chi connectivity index (χ0n) is 14.2. The van der Waals surface area contributed by atoms with Crippen molar-refractivity contribution < 1.29 is 0 Å². The lowest BCUT2D eigenvalue weighted by molar-refractivity contribution is 0.679. The van der Waals surface area contributed by atoms with Crippen molar-refractivity contribution >= 4 is 17.7 Å². The molecule has 0 fully saturated rings. The van der Waals surface area contributed by atoms with Crippen molar-refractivity contribution in [2.24, 2.45) is 11.8 Å². The molecule has 2 heterocycles. The lowest BCUT2D eigenvalue weighted by atomic mass is 10.2. The molecular weight excluding hydrogens is 290 g/mol. The maximum absolute atomic E-state index is 5.76. The lowest BCUT2D eigenvalue weighted by Crippen LogP contribution is -2.15. The van der Waals surface area contributed by atoms with Crippen LogP contribution < -0.4 is 16.4 Å². The van der Waals surface area contributed by atoms with Gasteiger partial charge in [-0.15, -0.1) is 0 Å². The van der Waals surface area contributed by atoms with Gasteiger partial charge >= 0.3 is 0 Å². The molecule has 0 bridgehead atoms. The Kier molecular flexibility index (Phi) is 5.67. The SMILES string of the molecule is CC(C)CNc1nc(NCC(C)C)nc(-c2cccc(N)n2)n1. The molecule has 2 rings (SSSR count). The first kappa shape index (κ1) is 16.9. The Balaban J connectivity index is 2.31. The summed E-state index contributed by atoms with van der Waals surface area (Å²) in [6, 6.07) is 5.41. The Labute approximate surface area is 137 Å². The van der Waals surface area contributed by atoms with Gasteiger partial charge in [0.15, 0.2) is 5.82 Å². The summed E-state index contributed by atoms with van der Waals surface area (Å²) < 4.78 is 0. The van der Waals surface area contributed by atoms with E-state index in [0.29, 0.717) is 41.1 Å². The summed E-state index contributed by atoms with van der Waals surface area (Å²) in [7, 11) is 0. The van der Waals surface area contributed by atoms with Gasteiger partial charge < -0.3 is 16.4 Å². The molecule has 0 radical (unpaired) electrons. The summed E-state index contributed by atoms with van der Waals surface area (Å²) in [4.78, 5) is 17.6. The predicted octanol–water partition coefficient (Wildman–Crippen LogP) is 2.65. The molecule has 0 amide bonds. The molecule has 23 heavy (non-hydrogen) atoms. The standard InChI is InChI=1S/C16H25N7/c1-10(2)8-18-15-21-14(12-6-5-7-13(17)20-12)22-16(23-15)19-9-11(3)4/h5-7,10-11H,8-9H2,1-4H3,(H2,17,20)(H2,18,19,21,22,23). The monoisotopic (exact) mass is 315 g/mol. The highest BCUT2D eigenvalue weighted by Crippen LogP contribution is 2.17. The molecular formula is C16H25N7. The van der Waals surface area contributed by atoms with E-state index in [9.17, 15) is 0 Å². The van der Waals surface area contributed by atoms with E-state index in [1.807, 2.05) is 12.1 Å². The lowest BCUT2D eigenvalue weighted by Gasteiger charge is -2.12. The van der Waals surface area contributed by atoms with Gasteiger partial charge in [-0.25, -0.2) is 4.98 Å². The van der Waals surface area contributed by atoms with Crippen LogP contribution in [0.4, 0.5) is 17.7 Å². The van der Waals surface area contributed by atoms with Crippen LogP contribution in [0.15, 0.2) is 18.2 Å². The minimum atomic E-state index is 0.441. The number of nitrogens with one attached hydrogen (secondary N) is 2. The van der Waals surface area contributed by atoms with Crippen LogP contribution in [0.25, 0.3) is 11.5 Å². The van der Waals surface area contributed by atoms with Gasteiger partial charge in [0.25, 0.3) is 0 Å². The van der Waals surface area contributed by atoms with Crippen molar-refractivity contribution in [2.45, 2.75) is 27.7 Å². The fourth-order valence-corrected chi connectivity index (χ4v) is 1.82. The molecule has 0 saturated carbocycles. The number of nitrogen functional groups attached to an aromatic ring is 1. The number of aromatic nitrogens is 4. The zero-order valence-corrected chi connectivity index (χ0v) is 14.2. The fraction of sp³-hybridized carbons (Fsp3) is 0.500. The van der Waals surface area contributed by atoms with E-state index in [-0.39, 0.29) is 0 Å². The molecule has 0 saturated heterocycles. The average molecular weight is 315 g/mol. The number of hydrogen-bond donors (Lipinski definition) is 3. The zero-order chi connectivity index (χ0) is 16.8. The quantitative estimate of drug-likeness (QED) is 0.722. The Morgan fingerprint density at radius 3 is 1.91 bits per heavy atom. The highest BCUT2D eigenvalue weighted by Gasteiger charge is 2.10. The Hall–Kier alpha value is -2.44. The number of pyridine rings is 1. The van der Waals surface area contributed by atoms with Gasteiger partial charge in [0.1, 0.15) is 11.5 Å². The maximum Gasteiger partial charge on any atom is 0.228 e. The molecule has 7 nitrogen and oxygen atoms in total. The van der Waals surface area contributed by atoms with Crippen LogP contribution in [-0.4, -0.2) is 33.0 Å². The van der Waals surface area contributed by atoms with Gasteiger partial charge in [0.2, 0.25) is 11.9 Å². The third-order valence-electron chi connectivity index (χ3n) is 2.97. The Bertz CT molecular complexity index is 610. The number of nitrogens with zero attached hydrogens (tertiary/aromatic N) is 4. The minimum absolute atomic E-state index is 0.441. The molecule has 4 N–H and O–H groups in total. The van der Waals surface area contributed by atoms with Gasteiger partial charge in [-0.3, -0.25) is 0 Å². The molecule has 0 aromatic carbocycles. The second-order valence-corrected chi connectivity index (χ2v) is 6.30. The highest BCUT2D eigenvalue weighted by molar-refractivity contribution is 5.55. The second-order valence-electron chi connectivity index (χ2n) is 6.30. The molecule has 124 valence electrons. The van der Waals surface area contributed by atoms with Gasteiger partial charge in [0, 0.05) is 13.1 Å². The summed E-state index contributed by atoms with van der Waals surface area (Å²) in [5, 5.41) is 6.47. The molecule has 0 atom stereocenters. The van der Waals surface area contributed by atoms with Crippen LogP contribution in [0.3, 0.4) is 0 Å². The number of hydrogen-bond acceptors (Lipinski definition) is 7. The minimum Gasteiger partial charge on any atom is -0.384 e. The van der Waals surface area contributed by atoms with Gasteiger partial charge in [0.05, 0.1) is 0 Å². The van der Waals surface area contributed by atoms with E-state index in [0.717, 1.165) is 13.1 Å². The van der Waals surface area contributed by atoms with E-state index in [1.165, 1.54) is 0 Å². The second kappa shape index (κ2) is 7.71. The summed E-state index contributed by atoms with van der Waals surface area (Å²) in [5.41, 5.74) is 6.39. The smallest absolute Gasteiger partial charge is 0.228 e. The summed E-state index contributed by atoms with van der Waals surface area (Å²) in [5.74, 6) is 3.01. The van der Waals surface area contributed by atoms with Gasteiger partial charge in [-0.2, -0.15) is 15.0 Å². The molecule has 2 aromatic rings. The number of anilines is 3. The van der Waals surface area contributed by atoms with Gasteiger partial charge in [-0.05, 0) is 24.0 Å². The normalized spacial score (nSPS) is 11.0. The first-order valence-electron chi connectivity index (χ1n) is 7.90. The number of rotatable bonds is 7. The summed E-state index contributed by atoms with van der Waals surface area (Å²) in [6.07, 6.45) is 0. The first-order chi connectivity index (χ1) is 10.9. The highest BCUT2D eigenvalue weighted by atomic mass is 15.2. The molecule has 0 aliphatic carbocycles. The average Bonchev–Trinajstić information content (AvgIpc) is 2.51. The molecule has 7 heteroatoms. The van der Waals surface area contributed by atoms with E-state index >= 15 is 0 Å². The van der Waals surface area contributed by atoms with E-state index in [4.69, 9.17) is 5.73 Å². The summed E-state index contributed by atoms with van der Waals surface area (Å²) in [6.45, 7) is 10.1. The molecule has 2 aromatic heterocycles. The van der Waals surface area contributed by atoms with E-state index in [2.05, 4.69) is 58.3 Å². The largest absolute Gasteiger partial charge is 0.384 e. The molecule has 0 spiro atoms. The van der Waals surface area contributed by atoms with Crippen LogP contribution in [0, 0.1) is 11.8 Å². The van der Waals surface area contributed by atoms with E-state index < -0.39 is 0 Å². The van der Waals surface area contributed by atoms with Crippen molar-refractivity contribution in [3.8, 4) is 11.5 Å². The van der Waals surface area contributed by atoms with Crippen molar-refractivity contribution in [1.82, 2.24) is 19.9 Å². The molecule has 0 aliphatic heterocycles. The van der Waals surface area contributed by atoms with Crippen LogP contribution in [0.5, 0.6) is 0 Å². The number of nitrogens with two attached hydrogens (primary N) is 1. The Morgan fingerprint density at radius 2 is 1.43 bits per heavy atom. The topological polar surface area (TPSA) is 102 Å². The maximum atomic E-state index is 5.76. The van der Waals surface area contributed by atoms with Crippen molar-refractivity contribution in [3.05, 3.63) is 18.2 Å². The third kappa shape index (κ3) is 5.36. The van der Waals surface area contributed by atoms with Crippen LogP contribution in [0.2, 0.25) is 0 Å².